The minimum absolute atomic E-state index is 0.0410. The molecule has 1 aromatic heterocycles. The molecule has 7 heteroatoms. The van der Waals surface area contributed by atoms with E-state index in [-0.39, 0.29) is 19.1 Å². The Morgan fingerprint density at radius 3 is 2.88 bits per heavy atom. The van der Waals surface area contributed by atoms with Crippen LogP contribution in [-0.4, -0.2) is 38.9 Å². The summed E-state index contributed by atoms with van der Waals surface area (Å²) in [6, 6.07) is 1.81. The van der Waals surface area contributed by atoms with Crippen molar-refractivity contribution >= 4 is 11.9 Å². The van der Waals surface area contributed by atoms with Crippen molar-refractivity contribution in [3.8, 4) is 0 Å². The summed E-state index contributed by atoms with van der Waals surface area (Å²) in [5.41, 5.74) is -0.160. The first-order chi connectivity index (χ1) is 11.9. The minimum Gasteiger partial charge on any atom is -0.459 e. The number of carbonyl (C=O) groups excluding carboxylic acids is 2. The Morgan fingerprint density at radius 1 is 1.44 bits per heavy atom. The third-order valence-electron chi connectivity index (χ3n) is 5.19. The average molecular weight is 349 g/mol. The molecule has 0 fully saturated rings. The number of hydrogen-bond acceptors (Lipinski definition) is 6. The number of rotatable bonds is 1. The van der Waals surface area contributed by atoms with Crippen LogP contribution in [0.4, 0.5) is 0 Å². The van der Waals surface area contributed by atoms with Crippen molar-refractivity contribution in [2.75, 3.05) is 6.61 Å². The average Bonchev–Trinajstić information content (AvgIpc) is 3.18. The van der Waals surface area contributed by atoms with Crippen LogP contribution >= 0.6 is 0 Å². The van der Waals surface area contributed by atoms with Gasteiger partial charge < -0.3 is 24.3 Å². The topological polar surface area (TPSA) is 98.0 Å². The summed E-state index contributed by atoms with van der Waals surface area (Å²) in [5, 5.41) is 20.2. The van der Waals surface area contributed by atoms with Crippen molar-refractivity contribution in [3.63, 3.8) is 0 Å². The van der Waals surface area contributed by atoms with Crippen molar-refractivity contribution in [2.24, 2.45) is 5.92 Å². The molecule has 0 aliphatic carbocycles. The predicted molar refractivity (Wildman–Crippen MR) is 87.3 cm³/mol. The zero-order valence-electron chi connectivity index (χ0n) is 14.4. The lowest BCUT2D eigenvalue weighted by molar-refractivity contribution is -0.178. The molecule has 25 heavy (non-hydrogen) atoms. The molecule has 2 aliphatic rings. The van der Waals surface area contributed by atoms with Crippen LogP contribution in [0.3, 0.4) is 0 Å². The van der Waals surface area contributed by atoms with Crippen molar-refractivity contribution in [3.05, 3.63) is 35.2 Å². The first-order valence-electron chi connectivity index (χ1n) is 8.45. The molecule has 0 saturated heterocycles. The number of aliphatic hydroxyl groups excluding tert-OH is 1. The van der Waals surface area contributed by atoms with E-state index < -0.39 is 30.1 Å². The molecule has 0 spiro atoms. The van der Waals surface area contributed by atoms with E-state index in [4.69, 9.17) is 9.47 Å². The minimum atomic E-state index is -2.07. The number of aromatic nitrogens is 1. The van der Waals surface area contributed by atoms with Crippen molar-refractivity contribution in [1.82, 2.24) is 4.57 Å². The number of ether oxygens (including phenoxy) is 2. The van der Waals surface area contributed by atoms with E-state index in [2.05, 4.69) is 0 Å². The Kier molecular flexibility index (Phi) is 4.71. The summed E-state index contributed by atoms with van der Waals surface area (Å²) in [6.45, 7) is 3.20. The van der Waals surface area contributed by atoms with Gasteiger partial charge in [-0.3, -0.25) is 0 Å². The second-order valence-electron chi connectivity index (χ2n) is 6.68. The summed E-state index contributed by atoms with van der Waals surface area (Å²) >= 11 is 0. The van der Waals surface area contributed by atoms with Crippen LogP contribution in [0.2, 0.25) is 0 Å². The zero-order chi connectivity index (χ0) is 18.2. The Hall–Kier alpha value is -2.12. The second-order valence-corrected chi connectivity index (χ2v) is 6.68. The van der Waals surface area contributed by atoms with Gasteiger partial charge in [-0.1, -0.05) is 13.0 Å². The number of esters is 2. The normalized spacial score (nSPS) is 31.8. The maximum Gasteiger partial charge on any atom is 0.341 e. The van der Waals surface area contributed by atoms with Crippen LogP contribution in [0.1, 0.15) is 44.1 Å². The fourth-order valence-corrected chi connectivity index (χ4v) is 3.46. The summed E-state index contributed by atoms with van der Waals surface area (Å²) in [7, 11) is 0. The number of allylic oxidation sites excluding steroid dienone is 1. The third-order valence-corrected chi connectivity index (χ3v) is 5.19. The highest BCUT2D eigenvalue weighted by atomic mass is 16.6. The SMILES string of the molecule is C/C=C1/C[C@@H](C)[C@](O)(CO)C(=O)OCc2ccn3c2[C@@H](CC3)OC1=O. The van der Waals surface area contributed by atoms with E-state index in [0.717, 1.165) is 17.8 Å². The van der Waals surface area contributed by atoms with Gasteiger partial charge >= 0.3 is 11.9 Å². The van der Waals surface area contributed by atoms with Crippen LogP contribution in [-0.2, 0) is 32.2 Å². The van der Waals surface area contributed by atoms with Gasteiger partial charge in [-0.15, -0.1) is 0 Å². The number of hydrogen-bond donors (Lipinski definition) is 2. The van der Waals surface area contributed by atoms with E-state index in [1.54, 1.807) is 19.9 Å². The van der Waals surface area contributed by atoms with Gasteiger partial charge in [0, 0.05) is 36.2 Å². The van der Waals surface area contributed by atoms with E-state index in [1.165, 1.54) is 0 Å². The highest BCUT2D eigenvalue weighted by molar-refractivity contribution is 5.89. The fraction of sp³-hybridized carbons (Fsp3) is 0.556. The predicted octanol–water partition coefficient (Wildman–Crippen LogP) is 1.23. The van der Waals surface area contributed by atoms with Gasteiger partial charge in [-0.2, -0.15) is 0 Å². The van der Waals surface area contributed by atoms with E-state index in [0.29, 0.717) is 12.0 Å². The Balaban J connectivity index is 2.00. The van der Waals surface area contributed by atoms with Crippen LogP contribution in [0.25, 0.3) is 0 Å². The highest BCUT2D eigenvalue weighted by Crippen LogP contribution is 2.36. The molecule has 2 aliphatic heterocycles. The van der Waals surface area contributed by atoms with Gasteiger partial charge in [0.2, 0.25) is 0 Å². The number of cyclic esters (lactones) is 1. The molecular weight excluding hydrogens is 326 g/mol. The highest BCUT2D eigenvalue weighted by Gasteiger charge is 2.44. The Bertz CT molecular complexity index is 721. The summed E-state index contributed by atoms with van der Waals surface area (Å²) in [6.07, 6.45) is 3.88. The van der Waals surface area contributed by atoms with Crippen LogP contribution in [0.15, 0.2) is 23.9 Å². The summed E-state index contributed by atoms with van der Waals surface area (Å²) < 4.78 is 12.9. The molecule has 3 atom stereocenters. The van der Waals surface area contributed by atoms with E-state index in [9.17, 15) is 19.8 Å². The molecule has 3 heterocycles. The molecule has 3 rings (SSSR count). The second kappa shape index (κ2) is 6.65. The Morgan fingerprint density at radius 2 is 2.20 bits per heavy atom. The van der Waals surface area contributed by atoms with Gasteiger partial charge in [0.25, 0.3) is 0 Å². The molecule has 0 aromatic carbocycles. The van der Waals surface area contributed by atoms with Crippen molar-refractivity contribution in [1.29, 1.82) is 0 Å². The maximum atomic E-state index is 12.6. The van der Waals surface area contributed by atoms with Crippen LogP contribution in [0.5, 0.6) is 0 Å². The van der Waals surface area contributed by atoms with Gasteiger partial charge in [0.15, 0.2) is 5.60 Å². The molecule has 0 saturated carbocycles. The van der Waals surface area contributed by atoms with E-state index in [1.807, 2.05) is 16.8 Å². The van der Waals surface area contributed by atoms with Crippen LogP contribution < -0.4 is 0 Å². The fourth-order valence-electron chi connectivity index (χ4n) is 3.46. The van der Waals surface area contributed by atoms with Gasteiger partial charge in [0.05, 0.1) is 12.3 Å². The molecule has 0 radical (unpaired) electrons. The molecule has 0 unspecified atom stereocenters. The summed E-state index contributed by atoms with van der Waals surface area (Å²) in [5.74, 6) is -2.06. The van der Waals surface area contributed by atoms with E-state index >= 15 is 0 Å². The van der Waals surface area contributed by atoms with Gasteiger partial charge in [-0.25, -0.2) is 9.59 Å². The number of carbonyl (C=O) groups is 2. The molecule has 136 valence electrons. The first-order valence-corrected chi connectivity index (χ1v) is 8.45. The smallest absolute Gasteiger partial charge is 0.341 e. The maximum absolute atomic E-state index is 12.6. The molecule has 0 bridgehead atoms. The molecule has 0 amide bonds. The summed E-state index contributed by atoms with van der Waals surface area (Å²) in [4.78, 5) is 25.0. The third kappa shape index (κ3) is 2.98. The lowest BCUT2D eigenvalue weighted by atomic mass is 9.84. The van der Waals surface area contributed by atoms with Gasteiger partial charge in [-0.05, 0) is 19.4 Å². The molecular formula is C18H23NO6. The number of aryl methyl sites for hydroxylation is 1. The van der Waals surface area contributed by atoms with Crippen LogP contribution in [0, 0.1) is 5.92 Å². The van der Waals surface area contributed by atoms with Gasteiger partial charge in [0.1, 0.15) is 12.7 Å². The standard InChI is InChI=1S/C18H23NO6/c1-3-12-8-11(2)18(23,10-20)17(22)24-9-13-4-6-19-7-5-14(15(13)19)25-16(12)21/h3-4,6,11,14,20,23H,5,7-10H2,1-2H3/b12-3-/t11-,14-,18-/m1/s1. The Labute approximate surface area is 145 Å². The lowest BCUT2D eigenvalue weighted by Crippen LogP contribution is -2.49. The monoisotopic (exact) mass is 349 g/mol. The molecule has 1 aromatic rings. The lowest BCUT2D eigenvalue weighted by Gasteiger charge is -2.31. The number of aliphatic hydroxyl groups is 2. The molecule has 2 N–H and O–H groups in total. The number of nitrogens with zero attached hydrogens (tertiary/aromatic N) is 1. The quantitative estimate of drug-likeness (QED) is 0.584. The first kappa shape index (κ1) is 17.7. The zero-order valence-corrected chi connectivity index (χ0v) is 14.4. The molecule has 7 nitrogen and oxygen atoms in total. The van der Waals surface area contributed by atoms with Crippen molar-refractivity contribution < 1.29 is 29.3 Å². The van der Waals surface area contributed by atoms with Crippen molar-refractivity contribution in [2.45, 2.75) is 51.5 Å². The largest absolute Gasteiger partial charge is 0.459 e.